The zero-order valence-electron chi connectivity index (χ0n) is 15.0. The van der Waals surface area contributed by atoms with E-state index in [4.69, 9.17) is 9.47 Å². The van der Waals surface area contributed by atoms with Crippen molar-refractivity contribution < 1.29 is 19.1 Å². The van der Waals surface area contributed by atoms with Gasteiger partial charge in [-0.3, -0.25) is 9.59 Å². The molecule has 0 aliphatic carbocycles. The van der Waals surface area contributed by atoms with Crippen molar-refractivity contribution in [1.29, 1.82) is 0 Å². The van der Waals surface area contributed by atoms with Crippen molar-refractivity contribution in [3.8, 4) is 5.75 Å². The summed E-state index contributed by atoms with van der Waals surface area (Å²) >= 11 is 0. The molecule has 1 atom stereocenters. The molecule has 0 aromatic heterocycles. The van der Waals surface area contributed by atoms with E-state index >= 15 is 0 Å². The van der Waals surface area contributed by atoms with Gasteiger partial charge >= 0.3 is 5.97 Å². The molecule has 0 aliphatic rings. The van der Waals surface area contributed by atoms with Crippen molar-refractivity contribution in [2.45, 2.75) is 13.3 Å². The second kappa shape index (κ2) is 10.6. The Kier molecular flexibility index (Phi) is 8.86. The quantitative estimate of drug-likeness (QED) is 0.608. The van der Waals surface area contributed by atoms with Gasteiger partial charge in [-0.15, -0.1) is 0 Å². The molecule has 1 unspecified atom stereocenters. The molecule has 0 saturated carbocycles. The molecule has 0 fully saturated rings. The van der Waals surface area contributed by atoms with Gasteiger partial charge in [-0.1, -0.05) is 25.1 Å². The molecule has 6 heteroatoms. The SMILES string of the molecule is COC(=O)C(C)CN(CCCN(C)C)C(=O)COc1ccccc1. The molecule has 0 saturated heterocycles. The number of hydrogen-bond donors (Lipinski definition) is 0. The average Bonchev–Trinajstić information content (AvgIpc) is 2.58. The fourth-order valence-electron chi connectivity index (χ4n) is 2.25. The van der Waals surface area contributed by atoms with E-state index in [-0.39, 0.29) is 24.4 Å². The Bertz CT molecular complexity index is 505. The Morgan fingerprint density at radius 3 is 2.38 bits per heavy atom. The van der Waals surface area contributed by atoms with Gasteiger partial charge in [-0.25, -0.2) is 0 Å². The lowest BCUT2D eigenvalue weighted by molar-refractivity contribution is -0.146. The second-order valence-corrected chi connectivity index (χ2v) is 6.02. The van der Waals surface area contributed by atoms with E-state index in [1.807, 2.05) is 32.3 Å². The summed E-state index contributed by atoms with van der Waals surface area (Å²) in [5, 5.41) is 0. The largest absolute Gasteiger partial charge is 0.484 e. The van der Waals surface area contributed by atoms with Gasteiger partial charge in [-0.05, 0) is 39.2 Å². The van der Waals surface area contributed by atoms with E-state index in [0.29, 0.717) is 18.8 Å². The molecule has 0 aliphatic heterocycles. The summed E-state index contributed by atoms with van der Waals surface area (Å²) in [5.41, 5.74) is 0. The lowest BCUT2D eigenvalue weighted by atomic mass is 10.1. The highest BCUT2D eigenvalue weighted by atomic mass is 16.5. The van der Waals surface area contributed by atoms with Crippen molar-refractivity contribution >= 4 is 11.9 Å². The molecule has 0 radical (unpaired) electrons. The Labute approximate surface area is 144 Å². The van der Waals surface area contributed by atoms with Crippen LogP contribution >= 0.6 is 0 Å². The van der Waals surface area contributed by atoms with Crippen molar-refractivity contribution in [2.75, 3.05) is 47.4 Å². The number of nitrogens with zero attached hydrogens (tertiary/aromatic N) is 2. The Morgan fingerprint density at radius 1 is 1.12 bits per heavy atom. The van der Waals surface area contributed by atoms with Gasteiger partial charge in [0.15, 0.2) is 6.61 Å². The van der Waals surface area contributed by atoms with Crippen LogP contribution in [0.3, 0.4) is 0 Å². The molecule has 0 bridgehead atoms. The van der Waals surface area contributed by atoms with Gasteiger partial charge in [0, 0.05) is 13.1 Å². The van der Waals surface area contributed by atoms with Crippen molar-refractivity contribution in [3.63, 3.8) is 0 Å². The molecule has 24 heavy (non-hydrogen) atoms. The average molecular weight is 336 g/mol. The van der Waals surface area contributed by atoms with E-state index in [9.17, 15) is 9.59 Å². The van der Waals surface area contributed by atoms with Gasteiger partial charge in [0.05, 0.1) is 13.0 Å². The number of methoxy groups -OCH3 is 1. The predicted molar refractivity (Wildman–Crippen MR) is 92.9 cm³/mol. The zero-order valence-corrected chi connectivity index (χ0v) is 15.0. The van der Waals surface area contributed by atoms with Gasteiger partial charge in [0.2, 0.25) is 0 Å². The lowest BCUT2D eigenvalue weighted by Gasteiger charge is -2.25. The maximum atomic E-state index is 12.5. The third-order valence-electron chi connectivity index (χ3n) is 3.59. The summed E-state index contributed by atoms with van der Waals surface area (Å²) in [4.78, 5) is 27.8. The summed E-state index contributed by atoms with van der Waals surface area (Å²) in [7, 11) is 5.33. The van der Waals surface area contributed by atoms with Crippen molar-refractivity contribution in [3.05, 3.63) is 30.3 Å². The van der Waals surface area contributed by atoms with Gasteiger partial charge in [0.25, 0.3) is 5.91 Å². The smallest absolute Gasteiger partial charge is 0.310 e. The number of carbonyl (C=O) groups excluding carboxylic acids is 2. The Balaban J connectivity index is 2.60. The Hall–Kier alpha value is -2.08. The topological polar surface area (TPSA) is 59.1 Å². The maximum Gasteiger partial charge on any atom is 0.310 e. The molecular formula is C18H28N2O4. The van der Waals surface area contributed by atoms with Gasteiger partial charge in [-0.2, -0.15) is 0 Å². The molecule has 6 nitrogen and oxygen atoms in total. The number of para-hydroxylation sites is 1. The summed E-state index contributed by atoms with van der Waals surface area (Å²) in [6.45, 7) is 3.50. The molecule has 0 heterocycles. The predicted octanol–water partition coefficient (Wildman–Crippen LogP) is 1.65. The van der Waals surface area contributed by atoms with Crippen molar-refractivity contribution in [1.82, 2.24) is 9.80 Å². The number of amides is 1. The monoisotopic (exact) mass is 336 g/mol. The number of carbonyl (C=O) groups is 2. The summed E-state index contributed by atoms with van der Waals surface area (Å²) in [6, 6.07) is 9.21. The molecule has 134 valence electrons. The minimum atomic E-state index is -0.366. The van der Waals surface area contributed by atoms with E-state index < -0.39 is 0 Å². The molecule has 1 aromatic carbocycles. The van der Waals surface area contributed by atoms with Crippen molar-refractivity contribution in [2.24, 2.45) is 5.92 Å². The number of hydrogen-bond acceptors (Lipinski definition) is 5. The standard InChI is InChI=1S/C18H28N2O4/c1-15(18(22)23-4)13-20(12-8-11-19(2)3)17(21)14-24-16-9-6-5-7-10-16/h5-7,9-10,15H,8,11-14H2,1-4H3. The summed E-state index contributed by atoms with van der Waals surface area (Å²) in [5.74, 6) is -0.159. The first-order chi connectivity index (χ1) is 11.4. The number of esters is 1. The Morgan fingerprint density at radius 2 is 1.79 bits per heavy atom. The third-order valence-corrected chi connectivity index (χ3v) is 3.59. The van der Waals surface area contributed by atoms with Crippen LogP contribution < -0.4 is 4.74 Å². The van der Waals surface area contributed by atoms with Crippen LogP contribution in [0.4, 0.5) is 0 Å². The highest BCUT2D eigenvalue weighted by Gasteiger charge is 2.21. The lowest BCUT2D eigenvalue weighted by Crippen LogP contribution is -2.41. The van der Waals surface area contributed by atoms with Crippen LogP contribution in [0.25, 0.3) is 0 Å². The van der Waals surface area contributed by atoms with E-state index in [1.54, 1.807) is 24.0 Å². The first-order valence-electron chi connectivity index (χ1n) is 8.12. The van der Waals surface area contributed by atoms with Crippen LogP contribution in [0.5, 0.6) is 5.75 Å². The van der Waals surface area contributed by atoms with E-state index in [1.165, 1.54) is 7.11 Å². The molecule has 1 amide bonds. The van der Waals surface area contributed by atoms with Crippen LogP contribution in [-0.2, 0) is 14.3 Å². The minimum absolute atomic E-state index is 0.0418. The maximum absolute atomic E-state index is 12.5. The minimum Gasteiger partial charge on any atom is -0.484 e. The van der Waals surface area contributed by atoms with Crippen LogP contribution in [0, 0.1) is 5.92 Å². The van der Waals surface area contributed by atoms with Gasteiger partial charge in [0.1, 0.15) is 5.75 Å². The molecule has 1 rings (SSSR count). The van der Waals surface area contributed by atoms with Crippen LogP contribution in [0.1, 0.15) is 13.3 Å². The fourth-order valence-corrected chi connectivity index (χ4v) is 2.25. The second-order valence-electron chi connectivity index (χ2n) is 6.02. The first-order valence-corrected chi connectivity index (χ1v) is 8.12. The van der Waals surface area contributed by atoms with Crippen LogP contribution in [0.2, 0.25) is 0 Å². The zero-order chi connectivity index (χ0) is 17.9. The summed E-state index contributed by atoms with van der Waals surface area (Å²) < 4.78 is 10.3. The fraction of sp³-hybridized carbons (Fsp3) is 0.556. The van der Waals surface area contributed by atoms with E-state index in [2.05, 4.69) is 4.90 Å². The molecular weight excluding hydrogens is 308 g/mol. The normalized spacial score (nSPS) is 11.9. The highest BCUT2D eigenvalue weighted by molar-refractivity contribution is 5.79. The molecule has 1 aromatic rings. The van der Waals surface area contributed by atoms with Gasteiger partial charge < -0.3 is 19.3 Å². The number of ether oxygens (including phenoxy) is 2. The molecule has 0 N–H and O–H groups in total. The number of rotatable bonds is 10. The van der Waals surface area contributed by atoms with Crippen LogP contribution in [-0.4, -0.2) is 69.1 Å². The third kappa shape index (κ3) is 7.46. The highest BCUT2D eigenvalue weighted by Crippen LogP contribution is 2.10. The molecule has 0 spiro atoms. The van der Waals surface area contributed by atoms with Crippen LogP contribution in [0.15, 0.2) is 30.3 Å². The first kappa shape index (κ1) is 20.0. The number of benzene rings is 1. The summed E-state index contributed by atoms with van der Waals surface area (Å²) in [6.07, 6.45) is 0.831. The van der Waals surface area contributed by atoms with E-state index in [0.717, 1.165) is 13.0 Å².